The summed E-state index contributed by atoms with van der Waals surface area (Å²) in [5, 5.41) is 2.97. The van der Waals surface area contributed by atoms with Crippen molar-refractivity contribution in [2.75, 3.05) is 30.1 Å². The number of benzene rings is 1. The summed E-state index contributed by atoms with van der Waals surface area (Å²) in [6, 6.07) is 3.37. The quantitative estimate of drug-likeness (QED) is 0.626. The van der Waals surface area contributed by atoms with Crippen LogP contribution in [0.3, 0.4) is 0 Å². The molecule has 3 rings (SSSR count). The van der Waals surface area contributed by atoms with Gasteiger partial charge in [-0.3, -0.25) is 30.1 Å². The van der Waals surface area contributed by atoms with E-state index in [4.69, 9.17) is 9.47 Å². The second kappa shape index (κ2) is 5.43. The summed E-state index contributed by atoms with van der Waals surface area (Å²) in [4.78, 5) is 36.0. The molecular formula is C13H14N4O5. The van der Waals surface area contributed by atoms with Crippen LogP contribution in [0, 0.1) is 0 Å². The first-order valence-corrected chi connectivity index (χ1v) is 6.58. The lowest BCUT2D eigenvalue weighted by molar-refractivity contribution is -0.127. The molecule has 2 heterocycles. The maximum absolute atomic E-state index is 12.1. The van der Waals surface area contributed by atoms with E-state index >= 15 is 0 Å². The minimum absolute atomic E-state index is 0.0695. The van der Waals surface area contributed by atoms with E-state index in [-0.39, 0.29) is 25.8 Å². The Hall–Kier alpha value is -2.97. The fourth-order valence-corrected chi connectivity index (χ4v) is 2.21. The van der Waals surface area contributed by atoms with Crippen LogP contribution in [0.5, 0.6) is 11.5 Å². The van der Waals surface area contributed by atoms with Gasteiger partial charge in [-0.25, -0.2) is 0 Å². The van der Waals surface area contributed by atoms with Crippen molar-refractivity contribution in [2.24, 2.45) is 0 Å². The van der Waals surface area contributed by atoms with E-state index in [1.54, 1.807) is 12.1 Å². The minimum atomic E-state index is -0.505. The fraction of sp³-hybridized carbons (Fsp3) is 0.308. The Kier molecular flexibility index (Phi) is 3.45. The number of rotatable bonds is 2. The number of amides is 3. The molecule has 116 valence electrons. The molecule has 3 N–H and O–H groups in total. The third kappa shape index (κ3) is 2.60. The third-order valence-corrected chi connectivity index (χ3v) is 3.19. The van der Waals surface area contributed by atoms with Gasteiger partial charge in [-0.05, 0) is 0 Å². The van der Waals surface area contributed by atoms with Crippen molar-refractivity contribution < 1.29 is 23.9 Å². The SMILES string of the molecule is CC(=O)NNC(=O)CN1C(=O)CNc2cc3c(cc21)OCO3. The zero-order valence-corrected chi connectivity index (χ0v) is 11.8. The Morgan fingerprint density at radius 3 is 2.73 bits per heavy atom. The van der Waals surface area contributed by atoms with Crippen LogP contribution in [0.15, 0.2) is 12.1 Å². The van der Waals surface area contributed by atoms with E-state index in [9.17, 15) is 14.4 Å². The highest BCUT2D eigenvalue weighted by molar-refractivity contribution is 6.06. The molecule has 0 bridgehead atoms. The summed E-state index contributed by atoms with van der Waals surface area (Å²) >= 11 is 0. The molecule has 0 spiro atoms. The van der Waals surface area contributed by atoms with Gasteiger partial charge >= 0.3 is 0 Å². The second-order valence-corrected chi connectivity index (χ2v) is 4.79. The number of fused-ring (bicyclic) bond motifs is 2. The first-order chi connectivity index (χ1) is 10.5. The fourth-order valence-electron chi connectivity index (χ4n) is 2.21. The number of nitrogens with one attached hydrogen (secondary N) is 3. The lowest BCUT2D eigenvalue weighted by atomic mass is 10.1. The smallest absolute Gasteiger partial charge is 0.258 e. The van der Waals surface area contributed by atoms with Crippen LogP contribution < -0.4 is 30.5 Å². The molecule has 9 heteroatoms. The topological polar surface area (TPSA) is 109 Å². The zero-order valence-electron chi connectivity index (χ0n) is 11.8. The van der Waals surface area contributed by atoms with E-state index in [0.717, 1.165) is 0 Å². The van der Waals surface area contributed by atoms with Crippen molar-refractivity contribution in [1.29, 1.82) is 0 Å². The van der Waals surface area contributed by atoms with Gasteiger partial charge in [0.05, 0.1) is 17.9 Å². The highest BCUT2D eigenvalue weighted by Crippen LogP contribution is 2.42. The first kappa shape index (κ1) is 14.0. The molecule has 0 aliphatic carbocycles. The lowest BCUT2D eigenvalue weighted by Gasteiger charge is -2.29. The van der Waals surface area contributed by atoms with Crippen molar-refractivity contribution in [2.45, 2.75) is 6.92 Å². The van der Waals surface area contributed by atoms with Gasteiger partial charge in [0.2, 0.25) is 18.6 Å². The normalized spacial score (nSPS) is 15.0. The second-order valence-electron chi connectivity index (χ2n) is 4.79. The van der Waals surface area contributed by atoms with Crippen molar-refractivity contribution >= 4 is 29.1 Å². The van der Waals surface area contributed by atoms with Crippen LogP contribution in [0.1, 0.15) is 6.92 Å². The van der Waals surface area contributed by atoms with Crippen LogP contribution in [-0.4, -0.2) is 37.6 Å². The number of hydrazine groups is 1. The predicted molar refractivity (Wildman–Crippen MR) is 75.4 cm³/mol. The number of anilines is 2. The Bertz CT molecular complexity index is 660. The van der Waals surface area contributed by atoms with Crippen molar-refractivity contribution in [3.63, 3.8) is 0 Å². The largest absolute Gasteiger partial charge is 0.454 e. The van der Waals surface area contributed by atoms with Gasteiger partial charge in [0, 0.05) is 19.1 Å². The molecule has 1 aromatic rings. The third-order valence-electron chi connectivity index (χ3n) is 3.19. The van der Waals surface area contributed by atoms with Crippen LogP contribution >= 0.6 is 0 Å². The molecule has 0 atom stereocenters. The summed E-state index contributed by atoms with van der Waals surface area (Å²) in [5.41, 5.74) is 5.61. The van der Waals surface area contributed by atoms with Gasteiger partial charge in [-0.2, -0.15) is 0 Å². The highest BCUT2D eigenvalue weighted by atomic mass is 16.7. The number of ether oxygens (including phenoxy) is 2. The average molecular weight is 306 g/mol. The molecule has 3 amide bonds. The number of nitrogens with zero attached hydrogens (tertiary/aromatic N) is 1. The summed E-state index contributed by atoms with van der Waals surface area (Å²) in [7, 11) is 0. The highest BCUT2D eigenvalue weighted by Gasteiger charge is 2.29. The zero-order chi connectivity index (χ0) is 15.7. The van der Waals surface area contributed by atoms with Crippen molar-refractivity contribution in [1.82, 2.24) is 10.9 Å². The molecule has 0 saturated carbocycles. The van der Waals surface area contributed by atoms with Crippen LogP contribution in [-0.2, 0) is 14.4 Å². The van der Waals surface area contributed by atoms with Gasteiger partial charge in [-0.15, -0.1) is 0 Å². The Labute approximate surface area is 125 Å². The van der Waals surface area contributed by atoms with Gasteiger partial charge in [0.15, 0.2) is 11.5 Å². The minimum Gasteiger partial charge on any atom is -0.454 e. The molecule has 0 unspecified atom stereocenters. The van der Waals surface area contributed by atoms with E-state index in [1.165, 1.54) is 11.8 Å². The van der Waals surface area contributed by atoms with Crippen molar-refractivity contribution in [3.8, 4) is 11.5 Å². The first-order valence-electron chi connectivity index (χ1n) is 6.58. The molecular weight excluding hydrogens is 292 g/mol. The van der Waals surface area contributed by atoms with Gasteiger partial charge in [0.25, 0.3) is 5.91 Å². The predicted octanol–water partition coefficient (Wildman–Crippen LogP) is -0.659. The Morgan fingerprint density at radius 2 is 2.00 bits per heavy atom. The molecule has 0 radical (unpaired) electrons. The lowest BCUT2D eigenvalue weighted by Crippen LogP contribution is -2.49. The van der Waals surface area contributed by atoms with E-state index in [0.29, 0.717) is 22.9 Å². The molecule has 2 aliphatic heterocycles. The summed E-state index contributed by atoms with van der Waals surface area (Å²) in [6.45, 7) is 1.24. The molecule has 0 fully saturated rings. The molecule has 1 aromatic carbocycles. The van der Waals surface area contributed by atoms with E-state index < -0.39 is 11.8 Å². The van der Waals surface area contributed by atoms with Crippen LogP contribution in [0.2, 0.25) is 0 Å². The summed E-state index contributed by atoms with van der Waals surface area (Å²) in [5.74, 6) is -0.0621. The molecule has 0 saturated heterocycles. The standard InChI is InChI=1S/C13H14N4O5/c1-7(18)15-16-12(19)5-17-9-3-11-10(21-6-22-11)2-8(9)14-4-13(17)20/h2-3,14H,4-6H2,1H3,(H,15,18)(H,16,19). The number of carbonyl (C=O) groups excluding carboxylic acids is 3. The summed E-state index contributed by atoms with van der Waals surface area (Å²) < 4.78 is 10.6. The molecule has 22 heavy (non-hydrogen) atoms. The molecule has 9 nitrogen and oxygen atoms in total. The van der Waals surface area contributed by atoms with Gasteiger partial charge in [-0.1, -0.05) is 0 Å². The number of carbonyl (C=O) groups is 3. The number of hydrogen-bond acceptors (Lipinski definition) is 6. The number of hydrogen-bond donors (Lipinski definition) is 3. The molecule has 2 aliphatic rings. The average Bonchev–Trinajstić information content (AvgIpc) is 2.93. The van der Waals surface area contributed by atoms with Gasteiger partial charge < -0.3 is 14.8 Å². The van der Waals surface area contributed by atoms with Gasteiger partial charge in [0.1, 0.15) is 6.54 Å². The monoisotopic (exact) mass is 306 g/mol. The van der Waals surface area contributed by atoms with E-state index in [1.807, 2.05) is 0 Å². The Balaban J connectivity index is 1.81. The van der Waals surface area contributed by atoms with Crippen molar-refractivity contribution in [3.05, 3.63) is 12.1 Å². The summed E-state index contributed by atoms with van der Waals surface area (Å²) in [6.07, 6.45) is 0. The Morgan fingerprint density at radius 1 is 1.27 bits per heavy atom. The van der Waals surface area contributed by atoms with Crippen LogP contribution in [0.4, 0.5) is 11.4 Å². The van der Waals surface area contributed by atoms with E-state index in [2.05, 4.69) is 16.2 Å². The van der Waals surface area contributed by atoms with Crippen LogP contribution in [0.25, 0.3) is 0 Å². The molecule has 0 aromatic heterocycles. The maximum Gasteiger partial charge on any atom is 0.258 e. The maximum atomic E-state index is 12.1.